The zero-order valence-electron chi connectivity index (χ0n) is 16.0. The molecule has 144 valence electrons. The highest BCUT2D eigenvalue weighted by Gasteiger charge is 2.39. The fraction of sp³-hybridized carbons (Fsp3) is 0.810. The second-order valence-corrected chi connectivity index (χ2v) is 7.23. The van der Waals surface area contributed by atoms with E-state index in [1.165, 1.54) is 32.8 Å². The molecule has 4 nitrogen and oxygen atoms in total. The minimum Gasteiger partial charge on any atom is -0.469 e. The van der Waals surface area contributed by atoms with Crippen LogP contribution in [0.4, 0.5) is 0 Å². The molecule has 0 aromatic heterocycles. The maximum absolute atomic E-state index is 12.2. The monoisotopic (exact) mass is 352 g/mol. The van der Waals surface area contributed by atoms with Gasteiger partial charge in [0.15, 0.2) is 0 Å². The number of rotatable bonds is 13. The Kier molecular flexibility index (Phi) is 11.5. The largest absolute Gasteiger partial charge is 0.469 e. The molecule has 0 bridgehead atoms. The van der Waals surface area contributed by atoms with Gasteiger partial charge < -0.3 is 9.84 Å². The number of methoxy groups -OCH3 is 1. The van der Waals surface area contributed by atoms with E-state index in [-0.39, 0.29) is 23.6 Å². The van der Waals surface area contributed by atoms with Crippen LogP contribution in [0.25, 0.3) is 0 Å². The van der Waals surface area contributed by atoms with Gasteiger partial charge in [-0.05, 0) is 25.7 Å². The smallest absolute Gasteiger partial charge is 0.305 e. The normalized spacial score (nSPS) is 23.5. The molecule has 1 saturated carbocycles. The van der Waals surface area contributed by atoms with Gasteiger partial charge in [0, 0.05) is 24.7 Å². The summed E-state index contributed by atoms with van der Waals surface area (Å²) in [6, 6.07) is 0. The SMILES string of the molecule is CCCCCCC=C[C@@H]1[C@H](O)CC(=O)[C@H]1CCCCCCC(=O)OC. The van der Waals surface area contributed by atoms with Crippen LogP contribution in [0.5, 0.6) is 0 Å². The first-order chi connectivity index (χ1) is 12.1. The molecule has 3 atom stereocenters. The minimum absolute atomic E-state index is 0.00579. The molecule has 0 aliphatic heterocycles. The van der Waals surface area contributed by atoms with Gasteiger partial charge in [0.2, 0.25) is 0 Å². The third-order valence-corrected chi connectivity index (χ3v) is 5.19. The van der Waals surface area contributed by atoms with Crippen LogP contribution in [-0.2, 0) is 14.3 Å². The Balaban J connectivity index is 2.28. The van der Waals surface area contributed by atoms with E-state index in [1.54, 1.807) is 0 Å². The van der Waals surface area contributed by atoms with E-state index in [4.69, 9.17) is 0 Å². The number of Topliss-reactive ketones (excluding diaryl/α,β-unsaturated/α-hetero) is 1. The Hall–Kier alpha value is -1.16. The molecule has 1 aliphatic rings. The Bertz CT molecular complexity index is 416. The number of hydrogen-bond acceptors (Lipinski definition) is 4. The number of aliphatic hydroxyl groups excluding tert-OH is 1. The molecule has 0 radical (unpaired) electrons. The van der Waals surface area contributed by atoms with Crippen molar-refractivity contribution in [3.63, 3.8) is 0 Å². The third-order valence-electron chi connectivity index (χ3n) is 5.19. The van der Waals surface area contributed by atoms with Gasteiger partial charge in [0.1, 0.15) is 5.78 Å². The lowest BCUT2D eigenvalue weighted by atomic mass is 9.88. The minimum atomic E-state index is -0.510. The fourth-order valence-electron chi connectivity index (χ4n) is 3.62. The first-order valence-electron chi connectivity index (χ1n) is 10.0. The van der Waals surface area contributed by atoms with Crippen LogP contribution in [-0.4, -0.2) is 30.1 Å². The third kappa shape index (κ3) is 8.66. The molecule has 4 heteroatoms. The molecule has 0 amide bonds. The summed E-state index contributed by atoms with van der Waals surface area (Å²) in [7, 11) is 1.41. The van der Waals surface area contributed by atoms with Crippen LogP contribution in [0.2, 0.25) is 0 Å². The molecular formula is C21H36O4. The highest BCUT2D eigenvalue weighted by atomic mass is 16.5. The second kappa shape index (κ2) is 13.1. The number of esters is 1. The fourth-order valence-corrected chi connectivity index (χ4v) is 3.62. The Morgan fingerprint density at radius 3 is 2.60 bits per heavy atom. The predicted octanol–water partition coefficient (Wildman–Crippen LogP) is 4.59. The zero-order valence-corrected chi connectivity index (χ0v) is 16.0. The van der Waals surface area contributed by atoms with Crippen molar-refractivity contribution in [1.29, 1.82) is 0 Å². The van der Waals surface area contributed by atoms with E-state index in [0.717, 1.165) is 38.5 Å². The van der Waals surface area contributed by atoms with Gasteiger partial charge in [0.05, 0.1) is 13.2 Å². The van der Waals surface area contributed by atoms with Gasteiger partial charge in [-0.25, -0.2) is 0 Å². The van der Waals surface area contributed by atoms with Crippen LogP contribution in [0, 0.1) is 11.8 Å². The summed E-state index contributed by atoms with van der Waals surface area (Å²) in [6.07, 6.45) is 15.2. The number of carbonyl (C=O) groups excluding carboxylic acids is 2. The van der Waals surface area contributed by atoms with Crippen LogP contribution >= 0.6 is 0 Å². The summed E-state index contributed by atoms with van der Waals surface area (Å²) < 4.78 is 4.63. The van der Waals surface area contributed by atoms with Crippen molar-refractivity contribution >= 4 is 11.8 Å². The van der Waals surface area contributed by atoms with Gasteiger partial charge >= 0.3 is 5.97 Å². The molecule has 0 spiro atoms. The van der Waals surface area contributed by atoms with Gasteiger partial charge in [-0.3, -0.25) is 9.59 Å². The van der Waals surface area contributed by atoms with E-state index < -0.39 is 6.10 Å². The summed E-state index contributed by atoms with van der Waals surface area (Å²) in [5.74, 6) is 0.0252. The molecule has 25 heavy (non-hydrogen) atoms. The van der Waals surface area contributed by atoms with E-state index in [0.29, 0.717) is 12.8 Å². The number of aliphatic hydroxyl groups is 1. The summed E-state index contributed by atoms with van der Waals surface area (Å²) in [5.41, 5.74) is 0. The predicted molar refractivity (Wildman–Crippen MR) is 100 cm³/mol. The van der Waals surface area contributed by atoms with Gasteiger partial charge in [0.25, 0.3) is 0 Å². The quantitative estimate of drug-likeness (QED) is 0.299. The number of ketones is 1. The average Bonchev–Trinajstić information content (AvgIpc) is 2.87. The summed E-state index contributed by atoms with van der Waals surface area (Å²) in [5, 5.41) is 10.2. The highest BCUT2D eigenvalue weighted by molar-refractivity contribution is 5.84. The first-order valence-corrected chi connectivity index (χ1v) is 10.0. The number of hydrogen-bond donors (Lipinski definition) is 1. The molecule has 1 N–H and O–H groups in total. The lowest BCUT2D eigenvalue weighted by molar-refractivity contribution is -0.140. The topological polar surface area (TPSA) is 63.6 Å². The maximum atomic E-state index is 12.2. The van der Waals surface area contributed by atoms with E-state index in [9.17, 15) is 14.7 Å². The lowest BCUT2D eigenvalue weighted by Crippen LogP contribution is -2.18. The van der Waals surface area contributed by atoms with Crippen molar-refractivity contribution in [3.8, 4) is 0 Å². The molecule has 0 saturated heterocycles. The Labute approximate surface area is 153 Å². The molecule has 0 unspecified atom stereocenters. The van der Waals surface area contributed by atoms with Crippen LogP contribution in [0.15, 0.2) is 12.2 Å². The van der Waals surface area contributed by atoms with Crippen molar-refractivity contribution in [3.05, 3.63) is 12.2 Å². The summed E-state index contributed by atoms with van der Waals surface area (Å²) in [4.78, 5) is 23.2. The second-order valence-electron chi connectivity index (χ2n) is 7.23. The molecule has 0 aromatic rings. The van der Waals surface area contributed by atoms with Crippen LogP contribution < -0.4 is 0 Å². The van der Waals surface area contributed by atoms with Crippen molar-refractivity contribution in [2.45, 2.75) is 90.1 Å². The van der Waals surface area contributed by atoms with E-state index in [2.05, 4.69) is 23.8 Å². The molecule has 1 rings (SSSR count). The van der Waals surface area contributed by atoms with E-state index in [1.807, 2.05) is 0 Å². The van der Waals surface area contributed by atoms with Gasteiger partial charge in [-0.1, -0.05) is 57.6 Å². The molecular weight excluding hydrogens is 316 g/mol. The average molecular weight is 353 g/mol. The van der Waals surface area contributed by atoms with Gasteiger partial charge in [-0.2, -0.15) is 0 Å². The maximum Gasteiger partial charge on any atom is 0.305 e. The van der Waals surface area contributed by atoms with Crippen molar-refractivity contribution in [2.75, 3.05) is 7.11 Å². The molecule has 1 aliphatic carbocycles. The number of ether oxygens (including phenoxy) is 1. The highest BCUT2D eigenvalue weighted by Crippen LogP contribution is 2.34. The standard InChI is InChI=1S/C21H36O4/c1-3-4-5-6-7-10-13-17-18(20(23)16-19(17)22)14-11-8-9-12-15-21(24)25-2/h10,13,17-19,22H,3-9,11-12,14-16H2,1-2H3/t17-,18-,19+/m0/s1. The summed E-state index contributed by atoms with van der Waals surface area (Å²) >= 11 is 0. The summed E-state index contributed by atoms with van der Waals surface area (Å²) in [6.45, 7) is 2.20. The number of unbranched alkanes of at least 4 members (excludes halogenated alkanes) is 7. The number of carbonyl (C=O) groups is 2. The molecule has 0 aromatic carbocycles. The van der Waals surface area contributed by atoms with E-state index >= 15 is 0 Å². The lowest BCUT2D eigenvalue weighted by Gasteiger charge is -2.17. The van der Waals surface area contributed by atoms with Gasteiger partial charge in [-0.15, -0.1) is 0 Å². The number of allylic oxidation sites excluding steroid dienone is 1. The molecule has 0 heterocycles. The Morgan fingerprint density at radius 2 is 1.88 bits per heavy atom. The van der Waals surface area contributed by atoms with Crippen LogP contribution in [0.3, 0.4) is 0 Å². The van der Waals surface area contributed by atoms with Crippen molar-refractivity contribution < 1.29 is 19.4 Å². The molecule has 1 fully saturated rings. The van der Waals surface area contributed by atoms with Crippen LogP contribution in [0.1, 0.15) is 84.0 Å². The zero-order chi connectivity index (χ0) is 18.5. The van der Waals surface area contributed by atoms with Crippen molar-refractivity contribution in [1.82, 2.24) is 0 Å². The first kappa shape index (κ1) is 21.9. The van der Waals surface area contributed by atoms with Crippen molar-refractivity contribution in [2.24, 2.45) is 11.8 Å². The Morgan fingerprint density at radius 1 is 1.16 bits per heavy atom.